The van der Waals surface area contributed by atoms with Crippen LogP contribution in [0.1, 0.15) is 30.8 Å². The Bertz CT molecular complexity index is 374. The smallest absolute Gasteiger partial charge is 0.267 e. The molecular weight excluding hydrogens is 284 g/mol. The minimum atomic E-state index is -0.0822. The number of methoxy groups -OCH3 is 1. The second kappa shape index (κ2) is 6.21. The summed E-state index contributed by atoms with van der Waals surface area (Å²) in [7, 11) is 1.69. The Hall–Kier alpha value is -0.810. The molecule has 1 aromatic rings. The molecule has 0 saturated heterocycles. The SMILES string of the molecule is COCCC(C)(C)CNC(=O)c1cc(Br)c[nH]1. The molecule has 1 rings (SSSR count). The van der Waals surface area contributed by atoms with Gasteiger partial charge in [-0.2, -0.15) is 0 Å². The first-order chi connectivity index (χ1) is 7.94. The zero-order valence-electron chi connectivity index (χ0n) is 10.5. The van der Waals surface area contributed by atoms with Crippen LogP contribution in [0.4, 0.5) is 0 Å². The Morgan fingerprint density at radius 1 is 1.59 bits per heavy atom. The highest BCUT2D eigenvalue weighted by molar-refractivity contribution is 9.10. The molecule has 96 valence electrons. The number of amides is 1. The van der Waals surface area contributed by atoms with Crippen LogP contribution in [0.2, 0.25) is 0 Å². The summed E-state index contributed by atoms with van der Waals surface area (Å²) in [6.07, 6.45) is 2.66. The Kier molecular flexibility index (Phi) is 5.21. The first-order valence-electron chi connectivity index (χ1n) is 5.56. The lowest BCUT2D eigenvalue weighted by Crippen LogP contribution is -2.34. The number of carbonyl (C=O) groups is 1. The number of aromatic amines is 1. The van der Waals surface area contributed by atoms with Gasteiger partial charge in [-0.15, -0.1) is 0 Å². The van der Waals surface area contributed by atoms with E-state index < -0.39 is 0 Å². The maximum atomic E-state index is 11.8. The Morgan fingerprint density at radius 2 is 2.29 bits per heavy atom. The minimum Gasteiger partial charge on any atom is -0.385 e. The van der Waals surface area contributed by atoms with Crippen LogP contribution in [0, 0.1) is 5.41 Å². The Labute approximate surface area is 110 Å². The fraction of sp³-hybridized carbons (Fsp3) is 0.583. The molecule has 0 bridgehead atoms. The monoisotopic (exact) mass is 302 g/mol. The molecule has 4 nitrogen and oxygen atoms in total. The van der Waals surface area contributed by atoms with Gasteiger partial charge in [-0.3, -0.25) is 4.79 Å². The lowest BCUT2D eigenvalue weighted by molar-refractivity contribution is 0.0916. The number of halogens is 1. The molecule has 1 aromatic heterocycles. The number of aromatic nitrogens is 1. The molecule has 0 fully saturated rings. The molecule has 2 N–H and O–H groups in total. The van der Waals surface area contributed by atoms with E-state index in [0.29, 0.717) is 18.8 Å². The fourth-order valence-electron chi connectivity index (χ4n) is 1.38. The molecule has 0 atom stereocenters. The maximum absolute atomic E-state index is 11.8. The number of nitrogens with one attached hydrogen (secondary N) is 2. The van der Waals surface area contributed by atoms with E-state index in [4.69, 9.17) is 4.74 Å². The van der Waals surface area contributed by atoms with Gasteiger partial charge in [0.2, 0.25) is 0 Å². The fourth-order valence-corrected chi connectivity index (χ4v) is 1.72. The summed E-state index contributed by atoms with van der Waals surface area (Å²) < 4.78 is 5.92. The summed E-state index contributed by atoms with van der Waals surface area (Å²) in [6, 6.07) is 1.76. The van der Waals surface area contributed by atoms with Crippen molar-refractivity contribution in [2.24, 2.45) is 5.41 Å². The van der Waals surface area contributed by atoms with Crippen LogP contribution in [-0.4, -0.2) is 31.2 Å². The molecule has 0 aliphatic rings. The minimum absolute atomic E-state index is 0.0372. The molecule has 0 unspecified atom stereocenters. The molecule has 0 aliphatic heterocycles. The molecule has 0 saturated carbocycles. The highest BCUT2D eigenvalue weighted by Gasteiger charge is 2.19. The van der Waals surface area contributed by atoms with Gasteiger partial charge in [0.05, 0.1) is 0 Å². The number of H-pyrrole nitrogens is 1. The summed E-state index contributed by atoms with van der Waals surface area (Å²) in [5.74, 6) is -0.0822. The number of rotatable bonds is 6. The molecule has 17 heavy (non-hydrogen) atoms. The number of hydrogen-bond acceptors (Lipinski definition) is 2. The van der Waals surface area contributed by atoms with Crippen molar-refractivity contribution in [3.05, 3.63) is 22.4 Å². The summed E-state index contributed by atoms with van der Waals surface area (Å²) in [5, 5.41) is 2.91. The van der Waals surface area contributed by atoms with Crippen molar-refractivity contribution >= 4 is 21.8 Å². The lowest BCUT2D eigenvalue weighted by Gasteiger charge is -2.24. The van der Waals surface area contributed by atoms with Crippen molar-refractivity contribution in [1.29, 1.82) is 0 Å². The van der Waals surface area contributed by atoms with Crippen LogP contribution in [0.25, 0.3) is 0 Å². The third-order valence-electron chi connectivity index (χ3n) is 2.60. The van der Waals surface area contributed by atoms with E-state index in [1.165, 1.54) is 0 Å². The highest BCUT2D eigenvalue weighted by atomic mass is 79.9. The van der Waals surface area contributed by atoms with Gasteiger partial charge in [-0.25, -0.2) is 0 Å². The van der Waals surface area contributed by atoms with Gasteiger partial charge in [0.1, 0.15) is 5.69 Å². The molecule has 0 spiro atoms. The van der Waals surface area contributed by atoms with Crippen molar-refractivity contribution in [1.82, 2.24) is 10.3 Å². The van der Waals surface area contributed by atoms with Gasteiger partial charge >= 0.3 is 0 Å². The predicted molar refractivity (Wildman–Crippen MR) is 71.1 cm³/mol. The molecule has 0 aliphatic carbocycles. The third kappa shape index (κ3) is 4.91. The summed E-state index contributed by atoms with van der Waals surface area (Å²) >= 11 is 3.30. The zero-order chi connectivity index (χ0) is 12.9. The van der Waals surface area contributed by atoms with Crippen LogP contribution in [-0.2, 0) is 4.74 Å². The van der Waals surface area contributed by atoms with Crippen molar-refractivity contribution in [2.75, 3.05) is 20.3 Å². The van der Waals surface area contributed by atoms with E-state index in [1.54, 1.807) is 19.4 Å². The summed E-state index contributed by atoms with van der Waals surface area (Å²) in [4.78, 5) is 14.7. The molecule has 5 heteroatoms. The predicted octanol–water partition coefficient (Wildman–Crippen LogP) is 2.57. The molecule has 1 amide bonds. The van der Waals surface area contributed by atoms with E-state index in [2.05, 4.69) is 40.1 Å². The van der Waals surface area contributed by atoms with E-state index in [1.807, 2.05) is 0 Å². The van der Waals surface area contributed by atoms with Gasteiger partial charge in [0.15, 0.2) is 0 Å². The lowest BCUT2D eigenvalue weighted by atomic mass is 9.90. The average molecular weight is 303 g/mol. The van der Waals surface area contributed by atoms with Crippen molar-refractivity contribution in [3.8, 4) is 0 Å². The van der Waals surface area contributed by atoms with Gasteiger partial charge in [-0.1, -0.05) is 13.8 Å². The standard InChI is InChI=1S/C12H19BrN2O2/c1-12(2,4-5-17-3)8-15-11(16)10-6-9(13)7-14-10/h6-7,14H,4-5,8H2,1-3H3,(H,15,16). The quantitative estimate of drug-likeness (QED) is 0.848. The molecule has 0 radical (unpaired) electrons. The number of hydrogen-bond donors (Lipinski definition) is 2. The molecule has 0 aromatic carbocycles. The van der Waals surface area contributed by atoms with Crippen molar-refractivity contribution < 1.29 is 9.53 Å². The maximum Gasteiger partial charge on any atom is 0.267 e. The van der Waals surface area contributed by atoms with Crippen LogP contribution in [0.5, 0.6) is 0 Å². The van der Waals surface area contributed by atoms with E-state index in [9.17, 15) is 4.79 Å². The van der Waals surface area contributed by atoms with Crippen LogP contribution in [0.15, 0.2) is 16.7 Å². The van der Waals surface area contributed by atoms with Gasteiger partial charge in [-0.05, 0) is 33.8 Å². The third-order valence-corrected chi connectivity index (χ3v) is 3.06. The number of carbonyl (C=O) groups excluding carboxylic acids is 1. The average Bonchev–Trinajstić information content (AvgIpc) is 2.70. The van der Waals surface area contributed by atoms with Crippen LogP contribution >= 0.6 is 15.9 Å². The first kappa shape index (κ1) is 14.3. The zero-order valence-corrected chi connectivity index (χ0v) is 12.1. The Morgan fingerprint density at radius 3 is 2.82 bits per heavy atom. The highest BCUT2D eigenvalue weighted by Crippen LogP contribution is 2.19. The second-order valence-corrected chi connectivity index (χ2v) is 5.74. The van der Waals surface area contributed by atoms with Crippen LogP contribution < -0.4 is 5.32 Å². The van der Waals surface area contributed by atoms with Gasteiger partial charge < -0.3 is 15.0 Å². The summed E-state index contributed by atoms with van der Waals surface area (Å²) in [6.45, 7) is 5.55. The van der Waals surface area contributed by atoms with Crippen molar-refractivity contribution in [3.63, 3.8) is 0 Å². The summed E-state index contributed by atoms with van der Waals surface area (Å²) in [5.41, 5.74) is 0.606. The van der Waals surface area contributed by atoms with Crippen LogP contribution in [0.3, 0.4) is 0 Å². The largest absolute Gasteiger partial charge is 0.385 e. The molecule has 1 heterocycles. The van der Waals surface area contributed by atoms with Crippen molar-refractivity contribution in [2.45, 2.75) is 20.3 Å². The van der Waals surface area contributed by atoms with Gasteiger partial charge in [0, 0.05) is 30.9 Å². The molecular formula is C12H19BrN2O2. The topological polar surface area (TPSA) is 54.1 Å². The normalized spacial score (nSPS) is 11.5. The Balaban J connectivity index is 2.42. The van der Waals surface area contributed by atoms with E-state index >= 15 is 0 Å². The van der Waals surface area contributed by atoms with E-state index in [0.717, 1.165) is 10.9 Å². The first-order valence-corrected chi connectivity index (χ1v) is 6.35. The number of ether oxygens (including phenoxy) is 1. The van der Waals surface area contributed by atoms with E-state index in [-0.39, 0.29) is 11.3 Å². The van der Waals surface area contributed by atoms with Gasteiger partial charge in [0.25, 0.3) is 5.91 Å². The second-order valence-electron chi connectivity index (χ2n) is 4.82.